The number of fused-ring (bicyclic) bond motifs is 15. The summed E-state index contributed by atoms with van der Waals surface area (Å²) in [5, 5.41) is 7.44. The number of anilines is 3. The van der Waals surface area contributed by atoms with Gasteiger partial charge in [0.1, 0.15) is 28.0 Å². The summed E-state index contributed by atoms with van der Waals surface area (Å²) >= 11 is 0. The van der Waals surface area contributed by atoms with Gasteiger partial charge in [-0.1, -0.05) is 147 Å². The first-order valence-corrected chi connectivity index (χ1v) is 22.2. The van der Waals surface area contributed by atoms with E-state index in [2.05, 4.69) is 181 Å². The molecule has 65 heavy (non-hydrogen) atoms. The van der Waals surface area contributed by atoms with Crippen molar-refractivity contribution in [2.75, 3.05) is 4.90 Å². The van der Waals surface area contributed by atoms with Crippen LogP contribution in [0.3, 0.4) is 0 Å². The molecule has 0 atom stereocenters. The molecule has 0 fully saturated rings. The predicted octanol–water partition coefficient (Wildman–Crippen LogP) is 16.0. The topological polar surface area (TPSA) is 60.2 Å². The molecule has 0 radical (unpaired) electrons. The van der Waals surface area contributed by atoms with Crippen molar-refractivity contribution >= 4 is 93.6 Å². The van der Waals surface area contributed by atoms with Gasteiger partial charge in [0.05, 0.1) is 22.1 Å². The Kier molecular flexibility index (Phi) is 7.36. The molecule has 6 heteroatoms. The normalized spacial score (nSPS) is 13.2. The summed E-state index contributed by atoms with van der Waals surface area (Å²) in [5.74, 6) is 0.566. The molecule has 0 saturated carbocycles. The van der Waals surface area contributed by atoms with Gasteiger partial charge in [-0.25, -0.2) is 9.97 Å². The lowest BCUT2D eigenvalue weighted by molar-refractivity contribution is 0.660. The van der Waals surface area contributed by atoms with Gasteiger partial charge in [0.15, 0.2) is 5.58 Å². The summed E-state index contributed by atoms with van der Waals surface area (Å²) in [6.45, 7) is 4.68. The van der Waals surface area contributed by atoms with Gasteiger partial charge < -0.3 is 13.7 Å². The van der Waals surface area contributed by atoms with Crippen molar-refractivity contribution in [3.8, 4) is 28.3 Å². The number of para-hydroxylation sites is 3. The molecule has 0 N–H and O–H groups in total. The van der Waals surface area contributed by atoms with Crippen molar-refractivity contribution in [2.45, 2.75) is 19.3 Å². The van der Waals surface area contributed by atoms with Gasteiger partial charge in [-0.3, -0.25) is 4.57 Å². The highest BCUT2D eigenvalue weighted by Gasteiger charge is 2.36. The monoisotopic (exact) mass is 834 g/mol. The first-order valence-electron chi connectivity index (χ1n) is 22.2. The fourth-order valence-corrected chi connectivity index (χ4v) is 10.8. The Morgan fingerprint density at radius 3 is 1.98 bits per heavy atom. The fourth-order valence-electron chi connectivity index (χ4n) is 10.8. The highest BCUT2D eigenvalue weighted by atomic mass is 16.3. The van der Waals surface area contributed by atoms with E-state index in [4.69, 9.17) is 18.8 Å². The first kappa shape index (κ1) is 36.0. The highest BCUT2D eigenvalue weighted by Crippen LogP contribution is 2.52. The summed E-state index contributed by atoms with van der Waals surface area (Å²) < 4.78 is 15.9. The molecule has 0 unspecified atom stereocenters. The summed E-state index contributed by atoms with van der Waals surface area (Å²) in [6, 6.07) is 68.7. The van der Waals surface area contributed by atoms with Crippen LogP contribution >= 0.6 is 0 Å². The van der Waals surface area contributed by atoms with Crippen LogP contribution in [0.1, 0.15) is 25.0 Å². The number of nitrogens with zero attached hydrogens (tertiary/aromatic N) is 4. The third kappa shape index (κ3) is 5.05. The molecule has 4 heterocycles. The van der Waals surface area contributed by atoms with Gasteiger partial charge in [-0.05, 0) is 82.2 Å². The van der Waals surface area contributed by atoms with E-state index in [0.29, 0.717) is 11.5 Å². The molecule has 13 aromatic rings. The van der Waals surface area contributed by atoms with Crippen molar-refractivity contribution < 1.29 is 8.83 Å². The van der Waals surface area contributed by atoms with Crippen molar-refractivity contribution in [1.82, 2.24) is 14.5 Å². The molecule has 6 nitrogen and oxygen atoms in total. The number of hydrogen-bond donors (Lipinski definition) is 0. The van der Waals surface area contributed by atoms with Crippen LogP contribution in [-0.4, -0.2) is 14.5 Å². The van der Waals surface area contributed by atoms with Crippen LogP contribution in [0.25, 0.3) is 105 Å². The maximum absolute atomic E-state index is 7.26. The quantitative estimate of drug-likeness (QED) is 0.173. The highest BCUT2D eigenvalue weighted by molar-refractivity contribution is 6.29. The Balaban J connectivity index is 1.03. The van der Waals surface area contributed by atoms with Gasteiger partial charge in [0.25, 0.3) is 0 Å². The summed E-state index contributed by atoms with van der Waals surface area (Å²) in [6.07, 6.45) is 0. The van der Waals surface area contributed by atoms with E-state index < -0.39 is 0 Å². The second-order valence-electron chi connectivity index (χ2n) is 17.7. The van der Waals surface area contributed by atoms with Crippen LogP contribution in [0.15, 0.2) is 203 Å². The maximum atomic E-state index is 7.26. The number of aromatic nitrogens is 3. The average Bonchev–Trinajstić information content (AvgIpc) is 4.09. The van der Waals surface area contributed by atoms with Gasteiger partial charge in [-0.15, -0.1) is 0 Å². The van der Waals surface area contributed by atoms with E-state index in [1.165, 1.54) is 22.3 Å². The van der Waals surface area contributed by atoms with Crippen LogP contribution in [0.2, 0.25) is 0 Å². The van der Waals surface area contributed by atoms with E-state index in [1.807, 2.05) is 36.4 Å². The van der Waals surface area contributed by atoms with Crippen molar-refractivity contribution in [3.05, 3.63) is 205 Å². The number of benzene rings is 9. The smallest absolute Gasteiger partial charge is 0.236 e. The molecule has 9 aromatic carbocycles. The maximum Gasteiger partial charge on any atom is 0.236 e. The first-order chi connectivity index (χ1) is 32.0. The molecule has 1 aliphatic carbocycles. The minimum atomic E-state index is -0.147. The van der Waals surface area contributed by atoms with Crippen LogP contribution in [0.4, 0.5) is 17.1 Å². The Morgan fingerprint density at radius 1 is 0.462 bits per heavy atom. The number of furan rings is 2. The van der Waals surface area contributed by atoms with Gasteiger partial charge in [-0.2, -0.15) is 0 Å². The van der Waals surface area contributed by atoms with E-state index in [9.17, 15) is 0 Å². The van der Waals surface area contributed by atoms with Crippen molar-refractivity contribution in [1.29, 1.82) is 0 Å². The fraction of sp³-hybridized carbons (Fsp3) is 0.0508. The predicted molar refractivity (Wildman–Crippen MR) is 266 cm³/mol. The molecule has 306 valence electrons. The second-order valence-corrected chi connectivity index (χ2v) is 17.7. The molecule has 4 aromatic heterocycles. The zero-order chi connectivity index (χ0) is 43.0. The van der Waals surface area contributed by atoms with Crippen LogP contribution in [-0.2, 0) is 5.41 Å². The van der Waals surface area contributed by atoms with E-state index in [0.717, 1.165) is 99.3 Å². The Labute approximate surface area is 373 Å². The minimum absolute atomic E-state index is 0.147. The lowest BCUT2D eigenvalue weighted by Crippen LogP contribution is -2.16. The third-order valence-electron chi connectivity index (χ3n) is 13.8. The molecule has 0 spiro atoms. The Hall–Kier alpha value is -8.48. The number of rotatable bonds is 5. The van der Waals surface area contributed by atoms with Crippen molar-refractivity contribution in [3.63, 3.8) is 0 Å². The SMILES string of the molecule is CC1(C)c2ccccc2-c2ccc(N(c3ccccc3)c3cc4oc5c(ccc6c5c5ccccc5n6-c5nc(-c6ccccc6)c6oc7ccccc7c6n5)c4c4ccccc34)cc21. The molecular formula is C59H38N4O2. The summed E-state index contributed by atoms with van der Waals surface area (Å²) in [4.78, 5) is 13.0. The van der Waals surface area contributed by atoms with Gasteiger partial charge in [0, 0.05) is 55.4 Å². The van der Waals surface area contributed by atoms with Gasteiger partial charge in [0.2, 0.25) is 5.95 Å². The largest absolute Gasteiger partial charge is 0.455 e. The molecule has 0 amide bonds. The lowest BCUT2D eigenvalue weighted by atomic mass is 9.82. The molecular weight excluding hydrogens is 797 g/mol. The molecule has 0 saturated heterocycles. The molecule has 14 rings (SSSR count). The minimum Gasteiger partial charge on any atom is -0.455 e. The average molecular weight is 835 g/mol. The summed E-state index contributed by atoms with van der Waals surface area (Å²) in [7, 11) is 0. The number of hydrogen-bond acceptors (Lipinski definition) is 5. The lowest BCUT2D eigenvalue weighted by Gasteiger charge is -2.29. The second kappa shape index (κ2) is 13.3. The van der Waals surface area contributed by atoms with Crippen LogP contribution < -0.4 is 4.90 Å². The van der Waals surface area contributed by atoms with E-state index in [1.54, 1.807) is 0 Å². The summed E-state index contributed by atoms with van der Waals surface area (Å²) in [5.41, 5.74) is 15.9. The molecule has 0 bridgehead atoms. The van der Waals surface area contributed by atoms with E-state index in [-0.39, 0.29) is 5.41 Å². The third-order valence-corrected chi connectivity index (χ3v) is 13.8. The van der Waals surface area contributed by atoms with E-state index >= 15 is 0 Å². The molecule has 1 aliphatic rings. The standard InChI is InChI=1S/C59H38N4O2/c1-59(2)45-26-14-11-21-38(45)39-30-29-37(33-46(39)59)62(36-19-7-4-8-20-36)49-34-51-52(41-23-10-9-22-40(41)49)44-31-32-48-53(56(44)65-51)42-24-12-15-27-47(42)63(48)58-60-54(35-17-5-3-6-18-35)57-55(61-58)43-25-13-16-28-50(43)64-57/h3-34H,1-2H3. The Morgan fingerprint density at radius 2 is 1.14 bits per heavy atom. The van der Waals surface area contributed by atoms with Crippen LogP contribution in [0.5, 0.6) is 0 Å². The molecule has 0 aliphatic heterocycles. The zero-order valence-electron chi connectivity index (χ0n) is 35.6. The zero-order valence-corrected chi connectivity index (χ0v) is 35.6. The Bertz CT molecular complexity index is 4100. The van der Waals surface area contributed by atoms with Gasteiger partial charge >= 0.3 is 0 Å². The van der Waals surface area contributed by atoms with Crippen LogP contribution in [0, 0.1) is 0 Å². The van der Waals surface area contributed by atoms with Crippen molar-refractivity contribution in [2.24, 2.45) is 0 Å².